The number of ether oxygens (including phenoxy) is 2. The molecule has 0 spiro atoms. The van der Waals surface area contributed by atoms with Gasteiger partial charge < -0.3 is 14.4 Å². The molecule has 2 aromatic carbocycles. The summed E-state index contributed by atoms with van der Waals surface area (Å²) in [5, 5.41) is 8.86. The van der Waals surface area contributed by atoms with E-state index in [9.17, 15) is 14.4 Å². The second-order valence-electron chi connectivity index (χ2n) is 7.01. The van der Waals surface area contributed by atoms with Gasteiger partial charge in [0.1, 0.15) is 22.3 Å². The smallest absolute Gasteiger partial charge is 0.344 e. The van der Waals surface area contributed by atoms with E-state index in [-0.39, 0.29) is 22.3 Å². The molecule has 8 heteroatoms. The van der Waals surface area contributed by atoms with Gasteiger partial charge in [-0.25, -0.2) is 4.79 Å². The lowest BCUT2D eigenvalue weighted by molar-refractivity contribution is -0.140. The van der Waals surface area contributed by atoms with E-state index in [1.165, 1.54) is 6.92 Å². The SMILES string of the molecule is CCOC(=O)C(C(C)=O)=C1SC(=N)[C@@H]2C(=O)Oc3ccccc3[C@H]2N1c1ccccc1. The molecule has 0 radical (unpaired) electrons. The van der Waals surface area contributed by atoms with E-state index < -0.39 is 29.7 Å². The first-order valence-corrected chi connectivity index (χ1v) is 10.6. The third kappa shape index (κ3) is 3.63. The van der Waals surface area contributed by atoms with Crippen molar-refractivity contribution in [3.8, 4) is 5.75 Å². The van der Waals surface area contributed by atoms with Gasteiger partial charge in [-0.2, -0.15) is 0 Å². The fourth-order valence-electron chi connectivity index (χ4n) is 3.80. The number of anilines is 1. The van der Waals surface area contributed by atoms with Crippen molar-refractivity contribution in [3.63, 3.8) is 0 Å². The van der Waals surface area contributed by atoms with Gasteiger partial charge in [-0.15, -0.1) is 0 Å². The largest absolute Gasteiger partial charge is 0.462 e. The molecule has 0 bridgehead atoms. The predicted octanol–water partition coefficient (Wildman–Crippen LogP) is 3.86. The van der Waals surface area contributed by atoms with Crippen molar-refractivity contribution >= 4 is 40.2 Å². The third-order valence-corrected chi connectivity index (χ3v) is 6.15. The zero-order chi connectivity index (χ0) is 22.1. The number of thioether (sulfide) groups is 1. The first-order chi connectivity index (χ1) is 14.9. The second-order valence-corrected chi connectivity index (χ2v) is 8.04. The Bertz CT molecular complexity index is 1110. The number of fused-ring (bicyclic) bond motifs is 3. The lowest BCUT2D eigenvalue weighted by Crippen LogP contribution is -2.48. The molecule has 4 rings (SSSR count). The minimum Gasteiger partial charge on any atom is -0.462 e. The van der Waals surface area contributed by atoms with Crippen molar-refractivity contribution in [2.24, 2.45) is 5.92 Å². The zero-order valence-corrected chi connectivity index (χ0v) is 17.8. The molecule has 7 nitrogen and oxygen atoms in total. The van der Waals surface area contributed by atoms with Gasteiger partial charge in [0.15, 0.2) is 5.78 Å². The van der Waals surface area contributed by atoms with Crippen molar-refractivity contribution in [1.82, 2.24) is 0 Å². The first-order valence-electron chi connectivity index (χ1n) is 9.77. The predicted molar refractivity (Wildman–Crippen MR) is 117 cm³/mol. The number of benzene rings is 2. The van der Waals surface area contributed by atoms with Crippen molar-refractivity contribution in [1.29, 1.82) is 5.41 Å². The summed E-state index contributed by atoms with van der Waals surface area (Å²) in [5.74, 6) is -2.26. The van der Waals surface area contributed by atoms with Gasteiger partial charge in [-0.1, -0.05) is 48.2 Å². The Hall–Kier alpha value is -3.39. The molecule has 0 saturated carbocycles. The third-order valence-electron chi connectivity index (χ3n) is 5.08. The molecule has 0 aromatic heterocycles. The van der Waals surface area contributed by atoms with E-state index in [0.29, 0.717) is 17.0 Å². The molecule has 31 heavy (non-hydrogen) atoms. The summed E-state index contributed by atoms with van der Waals surface area (Å²) in [7, 11) is 0. The van der Waals surface area contributed by atoms with Crippen LogP contribution in [-0.2, 0) is 19.1 Å². The van der Waals surface area contributed by atoms with Gasteiger partial charge >= 0.3 is 11.9 Å². The standard InChI is InChI=1S/C23H20N2O5S/c1-3-29-22(27)17(13(2)26)21-25(14-9-5-4-6-10-14)19-15-11-7-8-12-16(15)30-23(28)18(19)20(24)31-21/h4-12,18-19,24H,3H2,1-2H3/t18-,19-/m1/s1. The molecule has 2 aromatic rings. The molecule has 0 amide bonds. The van der Waals surface area contributed by atoms with E-state index in [4.69, 9.17) is 14.9 Å². The molecule has 2 aliphatic heterocycles. The minimum absolute atomic E-state index is 0.00901. The average Bonchev–Trinajstić information content (AvgIpc) is 2.74. The molecule has 1 fully saturated rings. The normalized spacial score (nSPS) is 21.5. The summed E-state index contributed by atoms with van der Waals surface area (Å²) < 4.78 is 10.6. The van der Waals surface area contributed by atoms with E-state index in [0.717, 1.165) is 11.8 Å². The summed E-state index contributed by atoms with van der Waals surface area (Å²) in [6.45, 7) is 3.06. The maximum absolute atomic E-state index is 12.8. The van der Waals surface area contributed by atoms with Gasteiger partial charge in [0.05, 0.1) is 17.7 Å². The van der Waals surface area contributed by atoms with Crippen LogP contribution in [0.5, 0.6) is 5.75 Å². The number of nitrogens with one attached hydrogen (secondary N) is 1. The van der Waals surface area contributed by atoms with Gasteiger partial charge in [0.2, 0.25) is 0 Å². The molecule has 2 atom stereocenters. The Morgan fingerprint density at radius 1 is 1.13 bits per heavy atom. The van der Waals surface area contributed by atoms with Crippen molar-refractivity contribution in [3.05, 3.63) is 70.8 Å². The Morgan fingerprint density at radius 3 is 2.48 bits per heavy atom. The number of rotatable bonds is 4. The lowest BCUT2D eigenvalue weighted by atomic mass is 9.88. The van der Waals surface area contributed by atoms with Crippen molar-refractivity contribution in [2.45, 2.75) is 19.9 Å². The monoisotopic (exact) mass is 436 g/mol. The highest BCUT2D eigenvalue weighted by atomic mass is 32.2. The van der Waals surface area contributed by atoms with Gasteiger partial charge in [-0.05, 0) is 32.0 Å². The number of ketones is 1. The van der Waals surface area contributed by atoms with Crippen LogP contribution in [0.15, 0.2) is 65.2 Å². The molecule has 158 valence electrons. The fraction of sp³-hybridized carbons (Fsp3) is 0.217. The molecule has 0 aliphatic carbocycles. The molecular formula is C23H20N2O5S. The molecule has 1 saturated heterocycles. The van der Waals surface area contributed by atoms with Crippen LogP contribution in [0, 0.1) is 11.3 Å². The highest BCUT2D eigenvalue weighted by molar-refractivity contribution is 8.17. The topological polar surface area (TPSA) is 96.8 Å². The number of nitrogens with zero attached hydrogens (tertiary/aromatic N) is 1. The van der Waals surface area contributed by atoms with Crippen LogP contribution in [-0.4, -0.2) is 29.4 Å². The second kappa shape index (κ2) is 8.39. The quantitative estimate of drug-likeness (QED) is 0.256. The highest BCUT2D eigenvalue weighted by Crippen LogP contribution is 2.52. The number of Topliss-reactive ketones (excluding diaryl/α,β-unsaturated/α-hetero) is 1. The molecule has 2 heterocycles. The lowest BCUT2D eigenvalue weighted by Gasteiger charge is -2.45. The number of esters is 2. The summed E-state index contributed by atoms with van der Waals surface area (Å²) in [6, 6.07) is 15.6. The Labute approximate surface area is 183 Å². The number of carbonyl (C=O) groups is 3. The summed E-state index contributed by atoms with van der Waals surface area (Å²) in [4.78, 5) is 39.9. The Balaban J connectivity index is 2.01. The van der Waals surface area contributed by atoms with Crippen LogP contribution in [0.2, 0.25) is 0 Å². The van der Waals surface area contributed by atoms with Gasteiger partial charge in [0, 0.05) is 11.3 Å². The Kier molecular flexibility index (Phi) is 5.65. The first kappa shape index (κ1) is 20.9. The fourth-order valence-corrected chi connectivity index (χ4v) is 5.01. The number of hydrogen-bond acceptors (Lipinski definition) is 8. The van der Waals surface area contributed by atoms with Crippen LogP contribution in [0.25, 0.3) is 0 Å². The van der Waals surface area contributed by atoms with Crippen LogP contribution >= 0.6 is 11.8 Å². The number of carbonyl (C=O) groups excluding carboxylic acids is 3. The van der Waals surface area contributed by atoms with Crippen molar-refractivity contribution in [2.75, 3.05) is 11.5 Å². The molecule has 0 unspecified atom stereocenters. The van der Waals surface area contributed by atoms with Crippen LogP contribution in [0.4, 0.5) is 5.69 Å². The number of para-hydroxylation sites is 2. The molecular weight excluding hydrogens is 416 g/mol. The van der Waals surface area contributed by atoms with Gasteiger partial charge in [0.25, 0.3) is 0 Å². The minimum atomic E-state index is -0.890. The van der Waals surface area contributed by atoms with Crippen LogP contribution in [0.1, 0.15) is 25.5 Å². The maximum atomic E-state index is 12.8. The molecule has 2 aliphatic rings. The molecule has 1 N–H and O–H groups in total. The Morgan fingerprint density at radius 2 is 1.81 bits per heavy atom. The summed E-state index contributed by atoms with van der Waals surface area (Å²) in [5.41, 5.74) is 1.24. The maximum Gasteiger partial charge on any atom is 0.344 e. The summed E-state index contributed by atoms with van der Waals surface area (Å²) in [6.07, 6.45) is 0. The van der Waals surface area contributed by atoms with Crippen molar-refractivity contribution < 1.29 is 23.9 Å². The van der Waals surface area contributed by atoms with E-state index in [1.54, 1.807) is 24.0 Å². The highest BCUT2D eigenvalue weighted by Gasteiger charge is 2.50. The zero-order valence-electron chi connectivity index (χ0n) is 17.0. The van der Waals surface area contributed by atoms with E-state index in [2.05, 4.69) is 0 Å². The average molecular weight is 436 g/mol. The van der Waals surface area contributed by atoms with Gasteiger partial charge in [-0.3, -0.25) is 15.0 Å². The number of hydrogen-bond donors (Lipinski definition) is 1. The summed E-state index contributed by atoms with van der Waals surface area (Å²) >= 11 is 0.910. The van der Waals surface area contributed by atoms with E-state index >= 15 is 0 Å². The van der Waals surface area contributed by atoms with Crippen LogP contribution < -0.4 is 9.64 Å². The van der Waals surface area contributed by atoms with Crippen LogP contribution in [0.3, 0.4) is 0 Å². The van der Waals surface area contributed by atoms with E-state index in [1.807, 2.05) is 42.5 Å².